The molecule has 5 fully saturated rings. The monoisotopic (exact) mass is 427 g/mol. The number of nitrogens with one attached hydrogen (secondary N) is 2. The van der Waals surface area contributed by atoms with Crippen molar-refractivity contribution >= 4 is 21.8 Å². The van der Waals surface area contributed by atoms with E-state index in [2.05, 4.69) is 10.6 Å². The summed E-state index contributed by atoms with van der Waals surface area (Å²) in [6.45, 7) is 1.47. The first kappa shape index (κ1) is 21.1. The van der Waals surface area contributed by atoms with Crippen LogP contribution in [0.5, 0.6) is 0 Å². The summed E-state index contributed by atoms with van der Waals surface area (Å²) >= 11 is 0. The summed E-state index contributed by atoms with van der Waals surface area (Å²) in [7, 11) is -3.39. The van der Waals surface area contributed by atoms with E-state index < -0.39 is 10.0 Å². The molecule has 5 aliphatic rings. The van der Waals surface area contributed by atoms with E-state index in [9.17, 15) is 18.0 Å². The van der Waals surface area contributed by atoms with Crippen LogP contribution in [0.3, 0.4) is 0 Å². The Balaban J connectivity index is 1.16. The van der Waals surface area contributed by atoms with E-state index in [0.717, 1.165) is 17.8 Å². The Kier molecular flexibility index (Phi) is 6.18. The molecule has 0 unspecified atom stereocenters. The first-order valence-corrected chi connectivity index (χ1v) is 12.5. The molecule has 29 heavy (non-hydrogen) atoms. The molecule has 1 saturated heterocycles. The fourth-order valence-corrected chi connectivity index (χ4v) is 7.75. The van der Waals surface area contributed by atoms with E-state index in [1.807, 2.05) is 0 Å². The van der Waals surface area contributed by atoms with E-state index in [0.29, 0.717) is 32.7 Å². The number of morpholine rings is 1. The average molecular weight is 428 g/mol. The average Bonchev–Trinajstić information content (AvgIpc) is 2.65. The predicted molar refractivity (Wildman–Crippen MR) is 107 cm³/mol. The zero-order chi connectivity index (χ0) is 20.5. The van der Waals surface area contributed by atoms with Crippen molar-refractivity contribution in [3.05, 3.63) is 0 Å². The van der Waals surface area contributed by atoms with Crippen molar-refractivity contribution in [2.45, 2.75) is 44.9 Å². The normalized spacial score (nSPS) is 34.1. The molecule has 9 heteroatoms. The Hall–Kier alpha value is -1.19. The van der Waals surface area contributed by atoms with Gasteiger partial charge >= 0.3 is 0 Å². The first-order valence-electron chi connectivity index (χ1n) is 10.9. The smallest absolute Gasteiger partial charge is 0.239 e. The molecular formula is C20H33N3O5S. The van der Waals surface area contributed by atoms with E-state index in [-0.39, 0.29) is 36.1 Å². The lowest BCUT2D eigenvalue weighted by Gasteiger charge is -2.56. The van der Waals surface area contributed by atoms with Crippen LogP contribution in [0, 0.1) is 23.2 Å². The Morgan fingerprint density at radius 3 is 2.10 bits per heavy atom. The molecule has 0 atom stereocenters. The van der Waals surface area contributed by atoms with Crippen LogP contribution in [0.25, 0.3) is 0 Å². The fraction of sp³-hybridized carbons (Fsp3) is 0.900. The first-order chi connectivity index (χ1) is 13.8. The van der Waals surface area contributed by atoms with Crippen molar-refractivity contribution in [1.29, 1.82) is 0 Å². The molecule has 1 aliphatic heterocycles. The number of carbonyl (C=O) groups excluding carboxylic acids is 2. The Morgan fingerprint density at radius 2 is 1.52 bits per heavy atom. The molecule has 4 bridgehead atoms. The summed E-state index contributed by atoms with van der Waals surface area (Å²) in [4.78, 5) is 24.5. The minimum atomic E-state index is -3.39. The van der Waals surface area contributed by atoms with Crippen molar-refractivity contribution in [1.82, 2.24) is 14.9 Å². The molecule has 2 amide bonds. The van der Waals surface area contributed by atoms with Crippen LogP contribution in [0.2, 0.25) is 0 Å². The minimum Gasteiger partial charge on any atom is -0.379 e. The second-order valence-electron chi connectivity index (χ2n) is 9.55. The molecule has 2 N–H and O–H groups in total. The highest BCUT2D eigenvalue weighted by Crippen LogP contribution is 2.61. The van der Waals surface area contributed by atoms with E-state index in [1.165, 1.54) is 42.8 Å². The van der Waals surface area contributed by atoms with Crippen LogP contribution in [0.15, 0.2) is 0 Å². The molecule has 0 aromatic rings. The quantitative estimate of drug-likeness (QED) is 0.587. The van der Waals surface area contributed by atoms with Gasteiger partial charge in [0.2, 0.25) is 21.8 Å². The van der Waals surface area contributed by atoms with Gasteiger partial charge in [-0.15, -0.1) is 0 Å². The lowest BCUT2D eigenvalue weighted by atomic mass is 9.49. The zero-order valence-electron chi connectivity index (χ0n) is 17.0. The second kappa shape index (κ2) is 8.51. The number of sulfonamides is 1. The highest BCUT2D eigenvalue weighted by atomic mass is 32.2. The highest BCUT2D eigenvalue weighted by molar-refractivity contribution is 7.89. The summed E-state index contributed by atoms with van der Waals surface area (Å²) in [5.74, 6) is 1.85. The SMILES string of the molecule is O=C(CNC(=O)CC12CC3CC(CC(C3)C1)C2)NCCS(=O)(=O)N1CCOCC1. The molecular weight excluding hydrogens is 394 g/mol. The van der Waals surface area contributed by atoms with Crippen LogP contribution in [-0.4, -0.2) is 69.7 Å². The maximum atomic E-state index is 12.5. The second-order valence-corrected chi connectivity index (χ2v) is 11.6. The van der Waals surface area contributed by atoms with Gasteiger partial charge in [0, 0.05) is 26.1 Å². The van der Waals surface area contributed by atoms with Gasteiger partial charge in [-0.05, 0) is 61.7 Å². The van der Waals surface area contributed by atoms with Crippen LogP contribution in [0.1, 0.15) is 44.9 Å². The third kappa shape index (κ3) is 5.11. The van der Waals surface area contributed by atoms with Crippen LogP contribution in [-0.2, 0) is 24.3 Å². The summed E-state index contributed by atoms with van der Waals surface area (Å²) in [6, 6.07) is 0. The molecule has 0 radical (unpaired) electrons. The maximum Gasteiger partial charge on any atom is 0.239 e. The van der Waals surface area contributed by atoms with Gasteiger partial charge in [0.1, 0.15) is 0 Å². The van der Waals surface area contributed by atoms with Crippen molar-refractivity contribution in [2.24, 2.45) is 23.2 Å². The maximum absolute atomic E-state index is 12.5. The van der Waals surface area contributed by atoms with Gasteiger partial charge in [0.25, 0.3) is 0 Å². The van der Waals surface area contributed by atoms with Crippen LogP contribution >= 0.6 is 0 Å². The van der Waals surface area contributed by atoms with Gasteiger partial charge in [-0.3, -0.25) is 9.59 Å². The van der Waals surface area contributed by atoms with E-state index in [4.69, 9.17) is 4.74 Å². The Bertz CT molecular complexity index is 697. The topological polar surface area (TPSA) is 105 Å². The highest BCUT2D eigenvalue weighted by Gasteiger charge is 2.51. The Labute approximate surface area is 173 Å². The molecule has 8 nitrogen and oxygen atoms in total. The zero-order valence-corrected chi connectivity index (χ0v) is 17.8. The summed E-state index contributed by atoms with van der Waals surface area (Å²) in [5.41, 5.74) is 0.154. The van der Waals surface area contributed by atoms with Gasteiger partial charge in [-0.1, -0.05) is 0 Å². The van der Waals surface area contributed by atoms with Crippen LogP contribution in [0.4, 0.5) is 0 Å². The Morgan fingerprint density at radius 1 is 0.931 bits per heavy atom. The lowest BCUT2D eigenvalue weighted by molar-refractivity contribution is -0.131. The van der Waals surface area contributed by atoms with Gasteiger partial charge in [-0.25, -0.2) is 8.42 Å². The van der Waals surface area contributed by atoms with Gasteiger partial charge in [0.05, 0.1) is 25.5 Å². The fourth-order valence-electron chi connectivity index (χ4n) is 6.42. The molecule has 4 aliphatic carbocycles. The molecule has 0 aromatic carbocycles. The minimum absolute atomic E-state index is 0.0450. The molecule has 5 rings (SSSR count). The summed E-state index contributed by atoms with van der Waals surface area (Å²) in [6.07, 6.45) is 8.05. The number of hydrogen-bond acceptors (Lipinski definition) is 5. The molecule has 4 saturated carbocycles. The molecule has 1 heterocycles. The lowest BCUT2D eigenvalue weighted by Crippen LogP contribution is -2.48. The third-order valence-electron chi connectivity index (χ3n) is 7.19. The van der Waals surface area contributed by atoms with Gasteiger partial charge in [0.15, 0.2) is 0 Å². The predicted octanol–water partition coefficient (Wildman–Crippen LogP) is 0.487. The standard InChI is InChI=1S/C20H33N3O5S/c24-18(13-20-10-15-7-16(11-20)9-17(8-15)12-20)22-14-19(25)21-1-6-29(26,27)23-2-4-28-5-3-23/h15-17H,1-14H2,(H,21,25)(H,22,24). The largest absolute Gasteiger partial charge is 0.379 e. The van der Waals surface area contributed by atoms with Crippen molar-refractivity contribution in [2.75, 3.05) is 45.1 Å². The van der Waals surface area contributed by atoms with E-state index >= 15 is 0 Å². The molecule has 0 spiro atoms. The van der Waals surface area contributed by atoms with Gasteiger partial charge in [-0.2, -0.15) is 4.31 Å². The van der Waals surface area contributed by atoms with Crippen molar-refractivity contribution in [3.8, 4) is 0 Å². The number of rotatable bonds is 8. The number of nitrogens with zero attached hydrogens (tertiary/aromatic N) is 1. The molecule has 164 valence electrons. The van der Waals surface area contributed by atoms with Crippen molar-refractivity contribution in [3.63, 3.8) is 0 Å². The number of carbonyl (C=O) groups is 2. The summed E-state index contributed by atoms with van der Waals surface area (Å²) < 4.78 is 31.0. The van der Waals surface area contributed by atoms with Crippen LogP contribution < -0.4 is 10.6 Å². The number of hydrogen-bond donors (Lipinski definition) is 2. The third-order valence-corrected chi connectivity index (χ3v) is 9.06. The van der Waals surface area contributed by atoms with Gasteiger partial charge < -0.3 is 15.4 Å². The number of amides is 2. The molecule has 0 aromatic heterocycles. The summed E-state index contributed by atoms with van der Waals surface area (Å²) in [5, 5.41) is 5.34. The van der Waals surface area contributed by atoms with E-state index in [1.54, 1.807) is 0 Å². The van der Waals surface area contributed by atoms with Crippen molar-refractivity contribution < 1.29 is 22.7 Å². The number of ether oxygens (including phenoxy) is 1.